The van der Waals surface area contributed by atoms with E-state index in [2.05, 4.69) is 37.7 Å². The van der Waals surface area contributed by atoms with Crippen LogP contribution >= 0.6 is 0 Å². The van der Waals surface area contributed by atoms with Gasteiger partial charge in [-0.3, -0.25) is 9.98 Å². The van der Waals surface area contributed by atoms with Crippen molar-refractivity contribution in [3.63, 3.8) is 0 Å². The first-order chi connectivity index (χ1) is 5.41. The van der Waals surface area contributed by atoms with Crippen LogP contribution in [-0.4, -0.2) is 18.0 Å². The standard InChI is InChI=1S/C10H16N2/c1-9(2)7-11-6-5-10(3,4)12-8-9/h5-8H,1-4H3/b6-5-,11-7-,12-8-. The fourth-order valence-corrected chi connectivity index (χ4v) is 0.870. The quantitative estimate of drug-likeness (QED) is 0.525. The van der Waals surface area contributed by atoms with Crippen LogP contribution < -0.4 is 0 Å². The van der Waals surface area contributed by atoms with Gasteiger partial charge in [-0.2, -0.15) is 0 Å². The number of rotatable bonds is 0. The van der Waals surface area contributed by atoms with Crippen molar-refractivity contribution >= 4 is 12.4 Å². The molecule has 2 heteroatoms. The Morgan fingerprint density at radius 1 is 1.00 bits per heavy atom. The van der Waals surface area contributed by atoms with E-state index in [-0.39, 0.29) is 11.0 Å². The minimum absolute atomic E-state index is 0.0258. The van der Waals surface area contributed by atoms with E-state index < -0.39 is 0 Å². The molecule has 0 aliphatic carbocycles. The van der Waals surface area contributed by atoms with Gasteiger partial charge in [0.25, 0.3) is 0 Å². The van der Waals surface area contributed by atoms with Crippen LogP contribution in [-0.2, 0) is 0 Å². The third-order valence-electron chi connectivity index (χ3n) is 1.71. The van der Waals surface area contributed by atoms with Gasteiger partial charge in [0, 0.05) is 24.0 Å². The van der Waals surface area contributed by atoms with Crippen molar-refractivity contribution in [1.82, 2.24) is 0 Å². The van der Waals surface area contributed by atoms with Crippen molar-refractivity contribution in [3.8, 4) is 0 Å². The van der Waals surface area contributed by atoms with E-state index in [1.54, 1.807) is 0 Å². The lowest BCUT2D eigenvalue weighted by molar-refractivity contribution is 0.638. The zero-order valence-electron chi connectivity index (χ0n) is 8.20. The van der Waals surface area contributed by atoms with Crippen LogP contribution in [0, 0.1) is 5.41 Å². The minimum atomic E-state index is -0.116. The average Bonchev–Trinajstić information content (AvgIpc) is 1.94. The predicted molar refractivity (Wildman–Crippen MR) is 54.0 cm³/mol. The molecular formula is C10H16N2. The van der Waals surface area contributed by atoms with Crippen LogP contribution in [0.25, 0.3) is 0 Å². The molecule has 0 N–H and O–H groups in total. The molecule has 0 saturated carbocycles. The van der Waals surface area contributed by atoms with Crippen LogP contribution in [0.15, 0.2) is 22.3 Å². The summed E-state index contributed by atoms with van der Waals surface area (Å²) in [7, 11) is 0. The van der Waals surface area contributed by atoms with Crippen molar-refractivity contribution in [2.24, 2.45) is 15.4 Å². The predicted octanol–water partition coefficient (Wildman–Crippen LogP) is 2.46. The molecule has 0 unspecified atom stereocenters. The summed E-state index contributed by atoms with van der Waals surface area (Å²) in [6, 6.07) is 0. The van der Waals surface area contributed by atoms with E-state index in [0.29, 0.717) is 0 Å². The molecule has 0 saturated heterocycles. The first kappa shape index (κ1) is 9.17. The molecule has 0 aromatic rings. The van der Waals surface area contributed by atoms with Crippen LogP contribution in [0.1, 0.15) is 27.7 Å². The summed E-state index contributed by atoms with van der Waals surface area (Å²) in [6.07, 6.45) is 7.68. The van der Waals surface area contributed by atoms with E-state index in [9.17, 15) is 0 Å². The molecule has 0 bridgehead atoms. The molecule has 12 heavy (non-hydrogen) atoms. The largest absolute Gasteiger partial charge is 0.286 e. The third-order valence-corrected chi connectivity index (χ3v) is 1.71. The molecule has 0 aromatic carbocycles. The van der Waals surface area contributed by atoms with Crippen molar-refractivity contribution in [1.29, 1.82) is 0 Å². The lowest BCUT2D eigenvalue weighted by atomic mass is 9.95. The first-order valence-electron chi connectivity index (χ1n) is 4.20. The topological polar surface area (TPSA) is 24.7 Å². The Kier molecular flexibility index (Phi) is 2.18. The molecule has 0 fully saturated rings. The second kappa shape index (κ2) is 2.85. The zero-order valence-corrected chi connectivity index (χ0v) is 8.20. The van der Waals surface area contributed by atoms with Gasteiger partial charge >= 0.3 is 0 Å². The molecule has 2 nitrogen and oxygen atoms in total. The molecule has 1 heterocycles. The maximum Gasteiger partial charge on any atom is 0.0745 e. The fourth-order valence-electron chi connectivity index (χ4n) is 0.870. The summed E-state index contributed by atoms with van der Waals surface area (Å²) < 4.78 is 0. The highest BCUT2D eigenvalue weighted by molar-refractivity contribution is 5.88. The highest BCUT2D eigenvalue weighted by atomic mass is 14.8. The molecule has 0 aromatic heterocycles. The average molecular weight is 164 g/mol. The number of aliphatic imine (C=N–C) groups is 2. The van der Waals surface area contributed by atoms with Crippen molar-refractivity contribution in [2.75, 3.05) is 0 Å². The molecule has 0 atom stereocenters. The van der Waals surface area contributed by atoms with Crippen molar-refractivity contribution in [3.05, 3.63) is 12.3 Å². The van der Waals surface area contributed by atoms with Crippen LogP contribution in [0.5, 0.6) is 0 Å². The molecular weight excluding hydrogens is 148 g/mol. The van der Waals surface area contributed by atoms with Crippen LogP contribution in [0.2, 0.25) is 0 Å². The lowest BCUT2D eigenvalue weighted by Crippen LogP contribution is -2.21. The third kappa shape index (κ3) is 2.61. The molecule has 66 valence electrons. The molecule has 1 aliphatic rings. The zero-order chi connectivity index (χ0) is 9.24. The number of nitrogens with zero attached hydrogens (tertiary/aromatic N) is 2. The maximum atomic E-state index is 4.47. The SMILES string of the molecule is CC1(C)/C=N\C=C/C(C)(C)/N=C\1. The minimum Gasteiger partial charge on any atom is -0.286 e. The molecule has 1 aliphatic heterocycles. The highest BCUT2D eigenvalue weighted by Crippen LogP contribution is 2.17. The molecule has 0 radical (unpaired) electrons. The van der Waals surface area contributed by atoms with Crippen molar-refractivity contribution < 1.29 is 0 Å². The van der Waals surface area contributed by atoms with Gasteiger partial charge in [0.15, 0.2) is 0 Å². The van der Waals surface area contributed by atoms with E-state index in [4.69, 9.17) is 0 Å². The Morgan fingerprint density at radius 2 is 1.67 bits per heavy atom. The molecule has 1 rings (SSSR count). The van der Waals surface area contributed by atoms with E-state index in [0.717, 1.165) is 0 Å². The summed E-state index contributed by atoms with van der Waals surface area (Å²) in [5.41, 5.74) is -0.142. The van der Waals surface area contributed by atoms with Gasteiger partial charge in [0.05, 0.1) is 5.54 Å². The Bertz CT molecular complexity index is 219. The van der Waals surface area contributed by atoms with Crippen LogP contribution in [0.3, 0.4) is 0 Å². The monoisotopic (exact) mass is 164 g/mol. The van der Waals surface area contributed by atoms with Gasteiger partial charge in [-0.15, -0.1) is 0 Å². The lowest BCUT2D eigenvalue weighted by Gasteiger charge is -2.20. The Hall–Kier alpha value is -0.920. The second-order valence-electron chi connectivity index (χ2n) is 4.33. The summed E-state index contributed by atoms with van der Waals surface area (Å²) in [5, 5.41) is 0. The first-order valence-corrected chi connectivity index (χ1v) is 4.20. The molecule has 0 spiro atoms. The van der Waals surface area contributed by atoms with E-state index in [1.165, 1.54) is 0 Å². The van der Waals surface area contributed by atoms with E-state index in [1.807, 2.05) is 24.7 Å². The Labute approximate surface area is 74.1 Å². The van der Waals surface area contributed by atoms with E-state index >= 15 is 0 Å². The molecule has 0 amide bonds. The maximum absolute atomic E-state index is 4.47. The smallest absolute Gasteiger partial charge is 0.0745 e. The van der Waals surface area contributed by atoms with Gasteiger partial charge in [-0.25, -0.2) is 0 Å². The summed E-state index contributed by atoms with van der Waals surface area (Å²) in [4.78, 5) is 8.65. The number of hydrogen-bond acceptors (Lipinski definition) is 2. The van der Waals surface area contributed by atoms with Crippen molar-refractivity contribution in [2.45, 2.75) is 33.2 Å². The summed E-state index contributed by atoms with van der Waals surface area (Å²) >= 11 is 0. The van der Waals surface area contributed by atoms with Gasteiger partial charge in [0.2, 0.25) is 0 Å². The van der Waals surface area contributed by atoms with Gasteiger partial charge in [0.1, 0.15) is 0 Å². The Balaban J connectivity index is 2.97. The second-order valence-corrected chi connectivity index (χ2v) is 4.33. The van der Waals surface area contributed by atoms with Gasteiger partial charge < -0.3 is 0 Å². The number of hydrogen-bond donors (Lipinski definition) is 0. The highest BCUT2D eigenvalue weighted by Gasteiger charge is 2.17. The van der Waals surface area contributed by atoms with Gasteiger partial charge in [-0.05, 0) is 33.8 Å². The summed E-state index contributed by atoms with van der Waals surface area (Å²) in [6.45, 7) is 8.32. The normalized spacial score (nSPS) is 33.0. The fraction of sp³-hybridized carbons (Fsp3) is 0.600. The van der Waals surface area contributed by atoms with Crippen LogP contribution in [0.4, 0.5) is 0 Å². The Morgan fingerprint density at radius 3 is 2.33 bits per heavy atom. The summed E-state index contributed by atoms with van der Waals surface area (Å²) in [5.74, 6) is 0. The van der Waals surface area contributed by atoms with Gasteiger partial charge in [-0.1, -0.05) is 0 Å².